The number of rotatable bonds is 3. The number of nitrogens with one attached hydrogen (secondary N) is 2. The van der Waals surface area contributed by atoms with Gasteiger partial charge in [0, 0.05) is 0 Å². The topological polar surface area (TPSA) is 67.1 Å². The Morgan fingerprint density at radius 1 is 1.40 bits per heavy atom. The van der Waals surface area contributed by atoms with Crippen molar-refractivity contribution in [2.24, 2.45) is 17.6 Å². The van der Waals surface area contributed by atoms with Crippen molar-refractivity contribution < 1.29 is 4.79 Å². The highest BCUT2D eigenvalue weighted by atomic mass is 16.1. The number of amides is 1. The van der Waals surface area contributed by atoms with E-state index in [4.69, 9.17) is 5.73 Å². The molecule has 2 rings (SSSR count). The van der Waals surface area contributed by atoms with Gasteiger partial charge in [0.15, 0.2) is 0 Å². The summed E-state index contributed by atoms with van der Waals surface area (Å²) in [7, 11) is 1.86. The summed E-state index contributed by atoms with van der Waals surface area (Å²) in [4.78, 5) is 11.5. The molecule has 4 nitrogen and oxygen atoms in total. The highest BCUT2D eigenvalue weighted by Crippen LogP contribution is 2.45. The standard InChI is InChI=1S/C11H21N3O/c1-13-11(10(12)15)5-2-9(11)8-3-6-14-7-4-8/h8-9,13-14H,2-7H2,1H3,(H2,12,15). The fourth-order valence-electron chi connectivity index (χ4n) is 3.22. The molecule has 86 valence electrons. The summed E-state index contributed by atoms with van der Waals surface area (Å²) in [6, 6.07) is 0. The molecule has 2 atom stereocenters. The van der Waals surface area contributed by atoms with Gasteiger partial charge in [-0.2, -0.15) is 0 Å². The first-order valence-corrected chi connectivity index (χ1v) is 5.90. The average Bonchev–Trinajstić information content (AvgIpc) is 2.18. The SMILES string of the molecule is CNC1(C(N)=O)CCC1C1CCNCC1. The monoisotopic (exact) mass is 211 g/mol. The largest absolute Gasteiger partial charge is 0.368 e. The van der Waals surface area contributed by atoms with Crippen LogP contribution in [0.4, 0.5) is 0 Å². The Morgan fingerprint density at radius 2 is 2.07 bits per heavy atom. The molecule has 4 heteroatoms. The van der Waals surface area contributed by atoms with Gasteiger partial charge in [-0.3, -0.25) is 4.79 Å². The van der Waals surface area contributed by atoms with Crippen LogP contribution in [-0.4, -0.2) is 31.6 Å². The molecule has 2 aliphatic rings. The average molecular weight is 211 g/mol. The molecule has 15 heavy (non-hydrogen) atoms. The molecule has 0 aromatic heterocycles. The van der Waals surface area contributed by atoms with E-state index >= 15 is 0 Å². The van der Waals surface area contributed by atoms with Gasteiger partial charge in [-0.25, -0.2) is 0 Å². The van der Waals surface area contributed by atoms with Crippen LogP contribution < -0.4 is 16.4 Å². The summed E-state index contributed by atoms with van der Waals surface area (Å²) >= 11 is 0. The van der Waals surface area contributed by atoms with E-state index in [2.05, 4.69) is 10.6 Å². The molecule has 0 aromatic carbocycles. The van der Waals surface area contributed by atoms with E-state index in [0.29, 0.717) is 11.8 Å². The fraction of sp³-hybridized carbons (Fsp3) is 0.909. The first-order chi connectivity index (χ1) is 7.20. The van der Waals surface area contributed by atoms with Gasteiger partial charge in [0.25, 0.3) is 0 Å². The number of nitrogens with two attached hydrogens (primary N) is 1. The Balaban J connectivity index is 2.05. The minimum Gasteiger partial charge on any atom is -0.368 e. The van der Waals surface area contributed by atoms with Crippen molar-refractivity contribution >= 4 is 5.91 Å². The molecule has 2 unspecified atom stereocenters. The lowest BCUT2D eigenvalue weighted by Crippen LogP contribution is -2.67. The van der Waals surface area contributed by atoms with E-state index in [1.165, 1.54) is 12.8 Å². The zero-order valence-corrected chi connectivity index (χ0v) is 9.38. The van der Waals surface area contributed by atoms with Crippen LogP contribution in [0.1, 0.15) is 25.7 Å². The van der Waals surface area contributed by atoms with E-state index in [-0.39, 0.29) is 5.91 Å². The highest BCUT2D eigenvalue weighted by Gasteiger charge is 2.53. The second-order valence-corrected chi connectivity index (χ2v) is 4.82. The fourth-order valence-corrected chi connectivity index (χ4v) is 3.22. The van der Waals surface area contributed by atoms with Gasteiger partial charge in [0.05, 0.1) is 0 Å². The molecule has 0 radical (unpaired) electrons. The van der Waals surface area contributed by atoms with E-state index in [9.17, 15) is 4.79 Å². The van der Waals surface area contributed by atoms with Crippen LogP contribution in [0.5, 0.6) is 0 Å². The molecule has 2 fully saturated rings. The van der Waals surface area contributed by atoms with Gasteiger partial charge in [-0.05, 0) is 57.7 Å². The lowest BCUT2D eigenvalue weighted by molar-refractivity contribution is -0.134. The second-order valence-electron chi connectivity index (χ2n) is 4.82. The highest BCUT2D eigenvalue weighted by molar-refractivity contribution is 5.86. The van der Waals surface area contributed by atoms with Crippen LogP contribution in [0.25, 0.3) is 0 Å². The predicted molar refractivity (Wildman–Crippen MR) is 59.3 cm³/mol. The van der Waals surface area contributed by atoms with E-state index in [1.807, 2.05) is 7.05 Å². The molecule has 1 aliphatic carbocycles. The Hall–Kier alpha value is -0.610. The quantitative estimate of drug-likeness (QED) is 0.607. The summed E-state index contributed by atoms with van der Waals surface area (Å²) < 4.78 is 0. The summed E-state index contributed by atoms with van der Waals surface area (Å²) in [5, 5.41) is 6.52. The van der Waals surface area contributed by atoms with Crippen molar-refractivity contribution in [3.63, 3.8) is 0 Å². The second kappa shape index (κ2) is 4.10. The van der Waals surface area contributed by atoms with Crippen LogP contribution in [0.3, 0.4) is 0 Å². The molecule has 0 aromatic rings. The number of primary amides is 1. The molecular formula is C11H21N3O. The third kappa shape index (κ3) is 1.66. The van der Waals surface area contributed by atoms with Crippen LogP contribution in [0, 0.1) is 11.8 Å². The lowest BCUT2D eigenvalue weighted by atomic mass is 9.59. The number of carbonyl (C=O) groups is 1. The summed E-state index contributed by atoms with van der Waals surface area (Å²) in [5.41, 5.74) is 5.12. The third-order valence-corrected chi connectivity index (χ3v) is 4.32. The maximum absolute atomic E-state index is 11.5. The van der Waals surface area contributed by atoms with Crippen LogP contribution >= 0.6 is 0 Å². The van der Waals surface area contributed by atoms with Gasteiger partial charge in [-0.15, -0.1) is 0 Å². The zero-order valence-electron chi connectivity index (χ0n) is 9.38. The smallest absolute Gasteiger partial charge is 0.238 e. The summed E-state index contributed by atoms with van der Waals surface area (Å²) in [6.07, 6.45) is 4.42. The molecule has 0 spiro atoms. The number of likely N-dealkylation sites (N-methyl/N-ethyl adjacent to an activating group) is 1. The molecule has 1 amide bonds. The van der Waals surface area contributed by atoms with Gasteiger partial charge in [0.1, 0.15) is 5.54 Å². The first-order valence-electron chi connectivity index (χ1n) is 5.90. The minimum absolute atomic E-state index is 0.167. The molecule has 1 heterocycles. The van der Waals surface area contributed by atoms with Crippen LogP contribution in [0.2, 0.25) is 0 Å². The third-order valence-electron chi connectivity index (χ3n) is 4.32. The number of hydrogen-bond acceptors (Lipinski definition) is 3. The molecule has 0 bridgehead atoms. The van der Waals surface area contributed by atoms with E-state index in [1.54, 1.807) is 0 Å². The molecule has 4 N–H and O–H groups in total. The van der Waals surface area contributed by atoms with Crippen molar-refractivity contribution in [1.29, 1.82) is 0 Å². The summed E-state index contributed by atoms with van der Waals surface area (Å²) in [5.74, 6) is 0.960. The van der Waals surface area contributed by atoms with Crippen molar-refractivity contribution in [1.82, 2.24) is 10.6 Å². The van der Waals surface area contributed by atoms with Gasteiger partial charge in [0.2, 0.25) is 5.91 Å². The minimum atomic E-state index is -0.401. The molecule has 1 aliphatic heterocycles. The first kappa shape index (κ1) is 10.9. The van der Waals surface area contributed by atoms with Crippen molar-refractivity contribution in [2.45, 2.75) is 31.2 Å². The zero-order chi connectivity index (χ0) is 10.9. The maximum Gasteiger partial charge on any atom is 0.238 e. The van der Waals surface area contributed by atoms with Gasteiger partial charge >= 0.3 is 0 Å². The number of hydrogen-bond donors (Lipinski definition) is 3. The molecule has 1 saturated carbocycles. The number of carbonyl (C=O) groups excluding carboxylic acids is 1. The van der Waals surface area contributed by atoms with E-state index in [0.717, 1.165) is 25.9 Å². The van der Waals surface area contributed by atoms with Crippen LogP contribution in [-0.2, 0) is 4.79 Å². The van der Waals surface area contributed by atoms with Crippen molar-refractivity contribution in [3.8, 4) is 0 Å². The normalized spacial score (nSPS) is 37.3. The lowest BCUT2D eigenvalue weighted by Gasteiger charge is -2.51. The Bertz CT molecular complexity index is 246. The molecule has 1 saturated heterocycles. The predicted octanol–water partition coefficient (Wildman–Crippen LogP) is -0.161. The van der Waals surface area contributed by atoms with Crippen LogP contribution in [0.15, 0.2) is 0 Å². The van der Waals surface area contributed by atoms with Gasteiger partial charge in [-0.1, -0.05) is 0 Å². The summed E-state index contributed by atoms with van der Waals surface area (Å²) in [6.45, 7) is 2.17. The Labute approximate surface area is 91.0 Å². The van der Waals surface area contributed by atoms with Gasteiger partial charge < -0.3 is 16.4 Å². The Kier molecular flexibility index (Phi) is 2.98. The number of piperidine rings is 1. The Morgan fingerprint density at radius 3 is 2.47 bits per heavy atom. The molecular weight excluding hydrogens is 190 g/mol. The van der Waals surface area contributed by atoms with Crippen molar-refractivity contribution in [2.75, 3.05) is 20.1 Å². The van der Waals surface area contributed by atoms with Crippen molar-refractivity contribution in [3.05, 3.63) is 0 Å². The maximum atomic E-state index is 11.5. The van der Waals surface area contributed by atoms with E-state index < -0.39 is 5.54 Å².